The molecule has 1 atom stereocenters. The van der Waals surface area contributed by atoms with Gasteiger partial charge in [-0.15, -0.1) is 0 Å². The van der Waals surface area contributed by atoms with Crippen LogP contribution in [0, 0.1) is 17.6 Å². The van der Waals surface area contributed by atoms with Gasteiger partial charge in [-0.3, -0.25) is 0 Å². The molecule has 0 amide bonds. The summed E-state index contributed by atoms with van der Waals surface area (Å²) in [5.74, 6) is -1.46. The summed E-state index contributed by atoms with van der Waals surface area (Å²) < 4.78 is 28.2. The van der Waals surface area contributed by atoms with Crippen molar-refractivity contribution in [3.05, 3.63) is 53.2 Å². The Balaban J connectivity index is 2.79. The highest BCUT2D eigenvalue weighted by atomic mass is 19.1. The van der Waals surface area contributed by atoms with Gasteiger partial charge < -0.3 is 15.9 Å². The molecule has 6 heteroatoms. The van der Waals surface area contributed by atoms with E-state index in [1.54, 1.807) is 13.8 Å². The lowest BCUT2D eigenvalue weighted by atomic mass is 9.84. The second-order valence-electron chi connectivity index (χ2n) is 7.07. The van der Waals surface area contributed by atoms with Crippen LogP contribution < -0.4 is 5.73 Å². The van der Waals surface area contributed by atoms with Gasteiger partial charge in [0, 0.05) is 17.7 Å². The van der Waals surface area contributed by atoms with Crippen molar-refractivity contribution in [2.75, 3.05) is 6.54 Å². The van der Waals surface area contributed by atoms with E-state index in [9.17, 15) is 19.0 Å². The van der Waals surface area contributed by atoms with E-state index in [1.165, 1.54) is 44.2 Å². The number of hydrogen-bond acceptors (Lipinski definition) is 4. The van der Waals surface area contributed by atoms with Crippen LogP contribution in [0.15, 0.2) is 30.3 Å². The molecule has 0 unspecified atom stereocenters. The molecular weight excluding hydrogens is 326 g/mol. The van der Waals surface area contributed by atoms with Crippen molar-refractivity contribution in [1.82, 2.24) is 4.98 Å². The Bertz CT molecular complexity index is 755. The summed E-state index contributed by atoms with van der Waals surface area (Å²) in [6.07, 6.45) is 0. The molecule has 1 aromatic heterocycles. The van der Waals surface area contributed by atoms with Crippen molar-refractivity contribution in [3.63, 3.8) is 0 Å². The number of aliphatic hydroxyl groups is 2. The van der Waals surface area contributed by atoms with Gasteiger partial charge >= 0.3 is 0 Å². The number of hydrogen-bond donors (Lipinski definition) is 3. The molecule has 0 spiro atoms. The molecule has 0 radical (unpaired) electrons. The molecule has 0 saturated heterocycles. The number of pyridine rings is 1. The highest BCUT2D eigenvalue weighted by molar-refractivity contribution is 5.61. The molecule has 0 bridgehead atoms. The number of benzene rings is 1. The van der Waals surface area contributed by atoms with E-state index >= 15 is 0 Å². The third-order valence-corrected chi connectivity index (χ3v) is 4.44. The third-order valence-electron chi connectivity index (χ3n) is 4.44. The molecule has 1 heterocycles. The van der Waals surface area contributed by atoms with Crippen LogP contribution in [0.25, 0.3) is 11.3 Å². The van der Waals surface area contributed by atoms with Gasteiger partial charge in [-0.2, -0.15) is 0 Å². The number of rotatable bonds is 5. The average Bonchev–Trinajstić information content (AvgIpc) is 2.54. The Kier molecular flexibility index (Phi) is 5.27. The summed E-state index contributed by atoms with van der Waals surface area (Å²) in [5.41, 5.74) is 3.20. The normalized spacial score (nSPS) is 14.6. The van der Waals surface area contributed by atoms with E-state index in [2.05, 4.69) is 4.98 Å². The zero-order chi connectivity index (χ0) is 19.0. The van der Waals surface area contributed by atoms with E-state index in [-0.39, 0.29) is 29.4 Å². The van der Waals surface area contributed by atoms with Crippen molar-refractivity contribution >= 4 is 0 Å². The largest absolute Gasteiger partial charge is 0.386 e. The van der Waals surface area contributed by atoms with Crippen LogP contribution in [-0.4, -0.2) is 21.7 Å². The minimum absolute atomic E-state index is 0.00986. The molecule has 2 rings (SSSR count). The molecule has 0 aliphatic heterocycles. The molecule has 1 aromatic carbocycles. The summed E-state index contributed by atoms with van der Waals surface area (Å²) in [6, 6.07) is 6.54. The van der Waals surface area contributed by atoms with Gasteiger partial charge in [-0.05, 0) is 50.1 Å². The number of aromatic nitrogens is 1. The fourth-order valence-corrected chi connectivity index (χ4v) is 2.63. The minimum atomic E-state index is -1.50. The van der Waals surface area contributed by atoms with Crippen molar-refractivity contribution in [1.29, 1.82) is 0 Å². The van der Waals surface area contributed by atoms with Gasteiger partial charge in [0.05, 0.1) is 11.3 Å². The zero-order valence-corrected chi connectivity index (χ0v) is 14.8. The van der Waals surface area contributed by atoms with Crippen LogP contribution in [0.1, 0.15) is 39.0 Å². The van der Waals surface area contributed by atoms with Gasteiger partial charge in [0.2, 0.25) is 0 Å². The molecule has 2 aromatic rings. The molecular formula is C19H24F2N2O2. The molecule has 136 valence electrons. The second kappa shape index (κ2) is 6.78. The van der Waals surface area contributed by atoms with E-state index in [0.29, 0.717) is 5.56 Å². The second-order valence-corrected chi connectivity index (χ2v) is 7.07. The van der Waals surface area contributed by atoms with Crippen LogP contribution in [0.2, 0.25) is 0 Å². The van der Waals surface area contributed by atoms with Crippen molar-refractivity contribution in [3.8, 4) is 11.3 Å². The lowest BCUT2D eigenvalue weighted by Gasteiger charge is -2.32. The quantitative estimate of drug-likeness (QED) is 0.774. The maximum atomic E-state index is 15.0. The average molecular weight is 350 g/mol. The summed E-state index contributed by atoms with van der Waals surface area (Å²) >= 11 is 0. The van der Waals surface area contributed by atoms with Crippen LogP contribution in [-0.2, 0) is 11.2 Å². The summed E-state index contributed by atoms with van der Waals surface area (Å²) in [5, 5.41) is 21.3. The highest BCUT2D eigenvalue weighted by Crippen LogP contribution is 2.35. The predicted octanol–water partition coefficient (Wildman–Crippen LogP) is 3.06. The maximum Gasteiger partial charge on any atom is 0.155 e. The number of halogens is 2. The zero-order valence-electron chi connectivity index (χ0n) is 14.8. The maximum absolute atomic E-state index is 15.0. The van der Waals surface area contributed by atoms with Gasteiger partial charge in [-0.1, -0.05) is 13.8 Å². The fraction of sp³-hybridized carbons (Fsp3) is 0.421. The first-order valence-corrected chi connectivity index (χ1v) is 8.13. The SMILES string of the molecule is CC(C)[C@@](O)(CN)c1cc(C(C)(C)O)c(F)c(-c2ccc(F)cc2)n1. The molecule has 0 saturated carbocycles. The van der Waals surface area contributed by atoms with Crippen LogP contribution >= 0.6 is 0 Å². The third kappa shape index (κ3) is 3.71. The van der Waals surface area contributed by atoms with Crippen LogP contribution in [0.5, 0.6) is 0 Å². The molecule has 0 aliphatic rings. The standard InChI is InChI=1S/C19H24F2N2O2/c1-11(2)19(25,10-22)15-9-14(18(3,4)24)16(21)17(23-15)12-5-7-13(20)8-6-12/h5-9,11,24-25H,10,22H2,1-4H3/t19-/m0/s1. The van der Waals surface area contributed by atoms with Crippen LogP contribution in [0.3, 0.4) is 0 Å². The Morgan fingerprint density at radius 3 is 2.12 bits per heavy atom. The molecule has 25 heavy (non-hydrogen) atoms. The van der Waals surface area contributed by atoms with E-state index in [0.717, 1.165) is 0 Å². The first-order chi connectivity index (χ1) is 11.5. The van der Waals surface area contributed by atoms with Gasteiger partial charge in [0.1, 0.15) is 17.1 Å². The van der Waals surface area contributed by atoms with Gasteiger partial charge in [-0.25, -0.2) is 13.8 Å². The monoisotopic (exact) mass is 350 g/mol. The van der Waals surface area contributed by atoms with Crippen molar-refractivity contribution < 1.29 is 19.0 Å². The molecule has 4 N–H and O–H groups in total. The Morgan fingerprint density at radius 1 is 1.12 bits per heavy atom. The van der Waals surface area contributed by atoms with Gasteiger partial charge in [0.25, 0.3) is 0 Å². The van der Waals surface area contributed by atoms with E-state index in [1.807, 2.05) is 0 Å². The summed E-state index contributed by atoms with van der Waals surface area (Å²) in [6.45, 7) is 6.33. The summed E-state index contributed by atoms with van der Waals surface area (Å²) in [7, 11) is 0. The Hall–Kier alpha value is -1.89. The van der Waals surface area contributed by atoms with E-state index in [4.69, 9.17) is 5.73 Å². The van der Waals surface area contributed by atoms with Crippen molar-refractivity contribution in [2.45, 2.75) is 38.9 Å². The predicted molar refractivity (Wildman–Crippen MR) is 92.6 cm³/mol. The minimum Gasteiger partial charge on any atom is -0.386 e. The van der Waals surface area contributed by atoms with Gasteiger partial charge in [0.15, 0.2) is 5.82 Å². The lowest BCUT2D eigenvalue weighted by Crippen LogP contribution is -2.41. The molecule has 0 aliphatic carbocycles. The first kappa shape index (κ1) is 19.4. The fourth-order valence-electron chi connectivity index (χ4n) is 2.63. The highest BCUT2D eigenvalue weighted by Gasteiger charge is 2.36. The smallest absolute Gasteiger partial charge is 0.155 e. The number of nitrogens with two attached hydrogens (primary N) is 1. The van der Waals surface area contributed by atoms with E-state index < -0.39 is 22.8 Å². The Morgan fingerprint density at radius 2 is 1.68 bits per heavy atom. The van der Waals surface area contributed by atoms with Crippen LogP contribution in [0.4, 0.5) is 8.78 Å². The molecule has 4 nitrogen and oxygen atoms in total. The number of nitrogens with zero attached hydrogens (tertiary/aromatic N) is 1. The Labute approximate surface area is 146 Å². The first-order valence-electron chi connectivity index (χ1n) is 8.13. The molecule has 0 fully saturated rings. The summed E-state index contributed by atoms with van der Waals surface area (Å²) in [4.78, 5) is 4.27. The lowest BCUT2D eigenvalue weighted by molar-refractivity contribution is -0.00589. The topological polar surface area (TPSA) is 79.4 Å². The van der Waals surface area contributed by atoms with Crippen molar-refractivity contribution in [2.24, 2.45) is 11.7 Å².